The SMILES string of the molecule is Cc1ccc(N2CC(C(=O)NCc3ccc(S(=O)(=O)N4CCCC4)s3)CC2=O)cc1C. The van der Waals surface area contributed by atoms with Crippen molar-refractivity contribution in [3.8, 4) is 0 Å². The Hall–Kier alpha value is -2.23. The van der Waals surface area contributed by atoms with Crippen LogP contribution in [-0.4, -0.2) is 44.2 Å². The highest BCUT2D eigenvalue weighted by molar-refractivity contribution is 7.91. The first-order valence-corrected chi connectivity index (χ1v) is 12.8. The van der Waals surface area contributed by atoms with Gasteiger partial charge in [-0.05, 0) is 62.1 Å². The van der Waals surface area contributed by atoms with Crippen LogP contribution in [-0.2, 0) is 26.2 Å². The van der Waals surface area contributed by atoms with Gasteiger partial charge in [0, 0.05) is 36.6 Å². The van der Waals surface area contributed by atoms with Crippen molar-refractivity contribution >= 4 is 38.9 Å². The summed E-state index contributed by atoms with van der Waals surface area (Å²) in [5.74, 6) is -0.655. The third-order valence-electron chi connectivity index (χ3n) is 6.03. The lowest BCUT2D eigenvalue weighted by atomic mass is 10.1. The molecule has 2 aliphatic heterocycles. The molecule has 1 aromatic carbocycles. The average Bonchev–Trinajstić information content (AvgIpc) is 3.49. The molecule has 2 aromatic rings. The van der Waals surface area contributed by atoms with Gasteiger partial charge in [-0.2, -0.15) is 4.31 Å². The molecule has 1 N–H and O–H groups in total. The number of aryl methyl sites for hydroxylation is 2. The Bertz CT molecular complexity index is 1100. The monoisotopic (exact) mass is 461 g/mol. The summed E-state index contributed by atoms with van der Waals surface area (Å²) in [6.45, 7) is 5.77. The van der Waals surface area contributed by atoms with E-state index < -0.39 is 15.9 Å². The molecule has 3 heterocycles. The molecular weight excluding hydrogens is 434 g/mol. The van der Waals surface area contributed by atoms with Crippen LogP contribution in [0.2, 0.25) is 0 Å². The molecule has 2 saturated heterocycles. The molecule has 1 atom stereocenters. The number of anilines is 1. The maximum atomic E-state index is 12.7. The Labute approximate surface area is 187 Å². The number of carbonyl (C=O) groups excluding carboxylic acids is 2. The topological polar surface area (TPSA) is 86.8 Å². The van der Waals surface area contributed by atoms with Crippen molar-refractivity contribution in [1.29, 1.82) is 0 Å². The molecule has 4 rings (SSSR count). The fourth-order valence-corrected chi connectivity index (χ4v) is 6.96. The summed E-state index contributed by atoms with van der Waals surface area (Å²) in [5.41, 5.74) is 3.08. The Morgan fingerprint density at radius 1 is 1.13 bits per heavy atom. The first-order chi connectivity index (χ1) is 14.8. The minimum absolute atomic E-state index is 0.0569. The number of hydrogen-bond donors (Lipinski definition) is 1. The van der Waals surface area contributed by atoms with Crippen LogP contribution in [0.25, 0.3) is 0 Å². The predicted molar refractivity (Wildman–Crippen MR) is 121 cm³/mol. The molecule has 2 fully saturated rings. The second-order valence-corrected chi connectivity index (χ2v) is 11.6. The summed E-state index contributed by atoms with van der Waals surface area (Å²) in [6, 6.07) is 9.22. The average molecular weight is 462 g/mol. The lowest BCUT2D eigenvalue weighted by Gasteiger charge is -2.18. The van der Waals surface area contributed by atoms with E-state index in [0.29, 0.717) is 23.8 Å². The second kappa shape index (κ2) is 8.72. The number of amides is 2. The quantitative estimate of drug-likeness (QED) is 0.717. The molecular formula is C22H27N3O4S2. The van der Waals surface area contributed by atoms with Crippen LogP contribution in [0, 0.1) is 19.8 Å². The fourth-order valence-electron chi connectivity index (χ4n) is 3.99. The van der Waals surface area contributed by atoms with Crippen LogP contribution < -0.4 is 10.2 Å². The van der Waals surface area contributed by atoms with E-state index in [4.69, 9.17) is 0 Å². The largest absolute Gasteiger partial charge is 0.351 e. The molecule has 31 heavy (non-hydrogen) atoms. The minimum atomic E-state index is -3.44. The van der Waals surface area contributed by atoms with E-state index in [0.717, 1.165) is 34.5 Å². The lowest BCUT2D eigenvalue weighted by Crippen LogP contribution is -2.32. The van der Waals surface area contributed by atoms with Gasteiger partial charge in [0.2, 0.25) is 11.8 Å². The van der Waals surface area contributed by atoms with E-state index in [1.165, 1.54) is 15.6 Å². The summed E-state index contributed by atoms with van der Waals surface area (Å²) >= 11 is 1.19. The Morgan fingerprint density at radius 2 is 1.87 bits per heavy atom. The van der Waals surface area contributed by atoms with Crippen molar-refractivity contribution in [2.45, 2.75) is 43.9 Å². The van der Waals surface area contributed by atoms with E-state index in [1.54, 1.807) is 17.0 Å². The molecule has 2 amide bonds. The van der Waals surface area contributed by atoms with E-state index in [2.05, 4.69) is 5.32 Å². The highest BCUT2D eigenvalue weighted by Gasteiger charge is 2.35. The van der Waals surface area contributed by atoms with Crippen molar-refractivity contribution in [3.05, 3.63) is 46.3 Å². The summed E-state index contributed by atoms with van der Waals surface area (Å²) < 4.78 is 27.1. The van der Waals surface area contributed by atoms with Gasteiger partial charge in [-0.3, -0.25) is 9.59 Å². The van der Waals surface area contributed by atoms with Gasteiger partial charge >= 0.3 is 0 Å². The first kappa shape index (κ1) is 22.0. The molecule has 0 bridgehead atoms. The predicted octanol–water partition coefficient (Wildman–Crippen LogP) is 2.82. The van der Waals surface area contributed by atoms with Crippen LogP contribution in [0.4, 0.5) is 5.69 Å². The number of thiophene rings is 1. The van der Waals surface area contributed by atoms with Gasteiger partial charge in [0.1, 0.15) is 4.21 Å². The molecule has 166 valence electrons. The smallest absolute Gasteiger partial charge is 0.252 e. The second-order valence-electron chi connectivity index (χ2n) is 8.22. The van der Waals surface area contributed by atoms with E-state index in [-0.39, 0.29) is 24.8 Å². The number of rotatable bonds is 6. The van der Waals surface area contributed by atoms with Gasteiger partial charge in [-0.25, -0.2) is 8.42 Å². The highest BCUT2D eigenvalue weighted by Crippen LogP contribution is 2.29. The van der Waals surface area contributed by atoms with Crippen molar-refractivity contribution in [1.82, 2.24) is 9.62 Å². The molecule has 0 spiro atoms. The number of sulfonamides is 1. The maximum Gasteiger partial charge on any atom is 0.252 e. The molecule has 1 unspecified atom stereocenters. The van der Waals surface area contributed by atoms with Crippen LogP contribution >= 0.6 is 11.3 Å². The van der Waals surface area contributed by atoms with Crippen LogP contribution in [0.5, 0.6) is 0 Å². The number of nitrogens with zero attached hydrogens (tertiary/aromatic N) is 2. The normalized spacial score (nSPS) is 19.9. The molecule has 0 saturated carbocycles. The van der Waals surface area contributed by atoms with Gasteiger partial charge < -0.3 is 10.2 Å². The third kappa shape index (κ3) is 4.53. The van der Waals surface area contributed by atoms with E-state index in [1.807, 2.05) is 32.0 Å². The summed E-state index contributed by atoms with van der Waals surface area (Å²) in [4.78, 5) is 27.6. The van der Waals surface area contributed by atoms with Crippen molar-refractivity contribution in [3.63, 3.8) is 0 Å². The van der Waals surface area contributed by atoms with Gasteiger partial charge in [-0.1, -0.05) is 6.07 Å². The van der Waals surface area contributed by atoms with Crippen molar-refractivity contribution in [2.75, 3.05) is 24.5 Å². The van der Waals surface area contributed by atoms with Crippen LogP contribution in [0.3, 0.4) is 0 Å². The van der Waals surface area contributed by atoms with E-state index in [9.17, 15) is 18.0 Å². The van der Waals surface area contributed by atoms with E-state index >= 15 is 0 Å². The number of nitrogens with one attached hydrogen (secondary N) is 1. The maximum absolute atomic E-state index is 12.7. The van der Waals surface area contributed by atoms with Crippen LogP contribution in [0.1, 0.15) is 35.3 Å². The number of hydrogen-bond acceptors (Lipinski definition) is 5. The fraction of sp³-hybridized carbons (Fsp3) is 0.455. The third-order valence-corrected chi connectivity index (χ3v) is 9.48. The summed E-state index contributed by atoms with van der Waals surface area (Å²) in [5, 5.41) is 2.87. The van der Waals surface area contributed by atoms with Gasteiger partial charge in [0.25, 0.3) is 10.0 Å². The Kier molecular flexibility index (Phi) is 6.18. The van der Waals surface area contributed by atoms with Crippen LogP contribution in [0.15, 0.2) is 34.5 Å². The standard InChI is InChI=1S/C22H27N3O4S2/c1-15-5-6-18(11-16(15)2)25-14-17(12-20(25)26)22(27)23-13-19-7-8-21(30-19)31(28,29)24-9-3-4-10-24/h5-8,11,17H,3-4,9-10,12-14H2,1-2H3,(H,23,27). The molecule has 0 aliphatic carbocycles. The van der Waals surface area contributed by atoms with Crippen molar-refractivity contribution in [2.24, 2.45) is 5.92 Å². The Balaban J connectivity index is 1.36. The number of carbonyl (C=O) groups is 2. The Morgan fingerprint density at radius 3 is 2.58 bits per heavy atom. The lowest BCUT2D eigenvalue weighted by molar-refractivity contribution is -0.126. The zero-order valence-electron chi connectivity index (χ0n) is 17.8. The molecule has 7 nitrogen and oxygen atoms in total. The highest BCUT2D eigenvalue weighted by atomic mass is 32.2. The summed E-state index contributed by atoms with van der Waals surface area (Å²) in [7, 11) is -3.44. The molecule has 2 aliphatic rings. The summed E-state index contributed by atoms with van der Waals surface area (Å²) in [6.07, 6.45) is 1.97. The number of benzene rings is 1. The minimum Gasteiger partial charge on any atom is -0.351 e. The van der Waals surface area contributed by atoms with Gasteiger partial charge in [0.05, 0.1) is 12.5 Å². The van der Waals surface area contributed by atoms with Gasteiger partial charge in [0.15, 0.2) is 0 Å². The zero-order valence-corrected chi connectivity index (χ0v) is 19.4. The zero-order chi connectivity index (χ0) is 22.2. The van der Waals surface area contributed by atoms with Crippen molar-refractivity contribution < 1.29 is 18.0 Å². The molecule has 9 heteroatoms. The molecule has 0 radical (unpaired) electrons. The van der Waals surface area contributed by atoms with Gasteiger partial charge in [-0.15, -0.1) is 11.3 Å². The first-order valence-electron chi connectivity index (χ1n) is 10.5. The molecule has 1 aromatic heterocycles.